The van der Waals surface area contributed by atoms with Gasteiger partial charge in [0.1, 0.15) is 5.69 Å². The fourth-order valence-corrected chi connectivity index (χ4v) is 1.09. The summed E-state index contributed by atoms with van der Waals surface area (Å²) < 4.78 is 9.67. The number of rotatable bonds is 3. The molecule has 0 aromatic carbocycles. The van der Waals surface area contributed by atoms with Crippen molar-refractivity contribution in [3.8, 4) is 0 Å². The van der Waals surface area contributed by atoms with Crippen molar-refractivity contribution in [2.75, 3.05) is 13.7 Å². The largest absolute Gasteiger partial charge is 0.466 e. The summed E-state index contributed by atoms with van der Waals surface area (Å²) in [5, 5.41) is 0. The molecular weight excluding hydrogens is 254 g/mol. The summed E-state index contributed by atoms with van der Waals surface area (Å²) in [4.78, 5) is 24.5. The molecule has 0 fully saturated rings. The second-order valence-corrected chi connectivity index (χ2v) is 3.30. The van der Waals surface area contributed by atoms with E-state index < -0.39 is 11.9 Å². The molecule has 0 aliphatic rings. The molecule has 0 aliphatic heterocycles. The van der Waals surface area contributed by atoms with Crippen molar-refractivity contribution in [3.63, 3.8) is 0 Å². The first-order chi connectivity index (χ1) is 6.63. The molecule has 1 aromatic heterocycles. The van der Waals surface area contributed by atoms with Crippen molar-refractivity contribution in [2.24, 2.45) is 0 Å². The predicted octanol–water partition coefficient (Wildman–Crippen LogP) is 1.11. The molecule has 0 atom stereocenters. The van der Waals surface area contributed by atoms with E-state index in [-0.39, 0.29) is 12.3 Å². The van der Waals surface area contributed by atoms with E-state index >= 15 is 0 Å². The lowest BCUT2D eigenvalue weighted by Crippen LogP contribution is -2.15. The van der Waals surface area contributed by atoms with Gasteiger partial charge in [-0.15, -0.1) is 0 Å². The third-order valence-electron chi connectivity index (χ3n) is 1.42. The number of halogens is 1. The van der Waals surface area contributed by atoms with Crippen LogP contribution in [0.25, 0.3) is 0 Å². The Bertz CT molecular complexity index is 347. The van der Waals surface area contributed by atoms with E-state index in [0.717, 1.165) is 4.47 Å². The highest BCUT2D eigenvalue weighted by Crippen LogP contribution is 2.11. The smallest absolute Gasteiger partial charge is 0.355 e. The molecule has 1 aromatic rings. The number of aromatic amines is 1. The van der Waals surface area contributed by atoms with Crippen LogP contribution < -0.4 is 0 Å². The molecule has 0 unspecified atom stereocenters. The summed E-state index contributed by atoms with van der Waals surface area (Å²) in [5.74, 6) is -1.19. The Hall–Kier alpha value is -1.30. The zero-order valence-corrected chi connectivity index (χ0v) is 8.96. The molecule has 6 heteroatoms. The Labute approximate surface area is 88.5 Å². The summed E-state index contributed by atoms with van der Waals surface area (Å²) in [6.07, 6.45) is 1.59. The number of methoxy groups -OCH3 is 1. The third-order valence-corrected chi connectivity index (χ3v) is 1.87. The topological polar surface area (TPSA) is 68.4 Å². The number of ether oxygens (including phenoxy) is 2. The minimum absolute atomic E-state index is 0.278. The van der Waals surface area contributed by atoms with Gasteiger partial charge in [0.2, 0.25) is 0 Å². The first-order valence-electron chi connectivity index (χ1n) is 3.71. The first-order valence-corrected chi connectivity index (χ1v) is 4.50. The Morgan fingerprint density at radius 2 is 2.29 bits per heavy atom. The number of hydrogen-bond donors (Lipinski definition) is 1. The van der Waals surface area contributed by atoms with Crippen molar-refractivity contribution in [1.82, 2.24) is 4.98 Å². The third kappa shape index (κ3) is 2.88. The van der Waals surface area contributed by atoms with Gasteiger partial charge in [-0.2, -0.15) is 0 Å². The number of hydrogen-bond acceptors (Lipinski definition) is 4. The minimum atomic E-state index is -0.596. The number of carbonyl (C=O) groups is 2. The summed E-state index contributed by atoms with van der Waals surface area (Å²) in [5.41, 5.74) is 0.278. The number of nitrogens with one attached hydrogen (secondary N) is 1. The van der Waals surface area contributed by atoms with Crippen LogP contribution in [0.4, 0.5) is 0 Å². The normalized spacial score (nSPS) is 9.57. The SMILES string of the molecule is COC(=O)COC(=O)c1cc(Br)c[nH]1. The number of aromatic nitrogens is 1. The van der Waals surface area contributed by atoms with Gasteiger partial charge >= 0.3 is 11.9 Å². The van der Waals surface area contributed by atoms with Crippen LogP contribution in [0, 0.1) is 0 Å². The molecule has 0 amide bonds. The monoisotopic (exact) mass is 261 g/mol. The lowest BCUT2D eigenvalue weighted by atomic mass is 10.4. The van der Waals surface area contributed by atoms with Crippen LogP contribution in [0.1, 0.15) is 10.5 Å². The van der Waals surface area contributed by atoms with Crippen molar-refractivity contribution in [1.29, 1.82) is 0 Å². The van der Waals surface area contributed by atoms with Crippen molar-refractivity contribution in [3.05, 3.63) is 22.4 Å². The summed E-state index contributed by atoms with van der Waals surface area (Å²) in [6, 6.07) is 1.56. The van der Waals surface area contributed by atoms with E-state index in [1.54, 1.807) is 12.3 Å². The Kier molecular flexibility index (Phi) is 3.70. The highest BCUT2D eigenvalue weighted by Gasteiger charge is 2.11. The molecule has 76 valence electrons. The van der Waals surface area contributed by atoms with Gasteiger partial charge in [0.25, 0.3) is 0 Å². The average Bonchev–Trinajstić information content (AvgIpc) is 2.60. The van der Waals surface area contributed by atoms with E-state index in [1.807, 2.05) is 0 Å². The molecular formula is C8H8BrNO4. The van der Waals surface area contributed by atoms with Gasteiger partial charge < -0.3 is 14.5 Å². The van der Waals surface area contributed by atoms with E-state index in [1.165, 1.54) is 7.11 Å². The Balaban J connectivity index is 2.47. The van der Waals surface area contributed by atoms with Crippen LogP contribution in [0.5, 0.6) is 0 Å². The maximum absolute atomic E-state index is 11.2. The molecule has 0 radical (unpaired) electrons. The summed E-state index contributed by atoms with van der Waals surface area (Å²) >= 11 is 3.16. The van der Waals surface area contributed by atoms with Crippen molar-refractivity contribution in [2.45, 2.75) is 0 Å². The van der Waals surface area contributed by atoms with E-state index in [2.05, 4.69) is 30.4 Å². The van der Waals surface area contributed by atoms with Crippen LogP contribution in [-0.4, -0.2) is 30.6 Å². The van der Waals surface area contributed by atoms with Crippen LogP contribution in [0.2, 0.25) is 0 Å². The molecule has 14 heavy (non-hydrogen) atoms. The van der Waals surface area contributed by atoms with Crippen LogP contribution in [0.3, 0.4) is 0 Å². The number of H-pyrrole nitrogens is 1. The standard InChI is InChI=1S/C8H8BrNO4/c1-13-7(11)4-14-8(12)6-2-5(9)3-10-6/h2-3,10H,4H2,1H3. The first kappa shape index (κ1) is 10.8. The lowest BCUT2D eigenvalue weighted by Gasteiger charge is -2.00. The van der Waals surface area contributed by atoms with Gasteiger partial charge in [0.15, 0.2) is 6.61 Å². The van der Waals surface area contributed by atoms with Gasteiger partial charge in [-0.1, -0.05) is 0 Å². The van der Waals surface area contributed by atoms with Crippen molar-refractivity contribution < 1.29 is 19.1 Å². The molecule has 1 rings (SSSR count). The fourth-order valence-electron chi connectivity index (χ4n) is 0.747. The molecule has 0 saturated heterocycles. The van der Waals surface area contributed by atoms with Gasteiger partial charge in [-0.25, -0.2) is 9.59 Å². The zero-order valence-electron chi connectivity index (χ0n) is 7.37. The maximum atomic E-state index is 11.2. The average molecular weight is 262 g/mol. The molecule has 5 nitrogen and oxygen atoms in total. The Morgan fingerprint density at radius 3 is 2.79 bits per heavy atom. The summed E-state index contributed by atoms with van der Waals surface area (Å²) in [7, 11) is 1.22. The highest BCUT2D eigenvalue weighted by atomic mass is 79.9. The van der Waals surface area contributed by atoms with Crippen LogP contribution in [-0.2, 0) is 14.3 Å². The van der Waals surface area contributed by atoms with Crippen LogP contribution in [0.15, 0.2) is 16.7 Å². The van der Waals surface area contributed by atoms with Crippen LogP contribution >= 0.6 is 15.9 Å². The zero-order chi connectivity index (χ0) is 10.6. The van der Waals surface area contributed by atoms with Gasteiger partial charge in [-0.05, 0) is 22.0 Å². The second kappa shape index (κ2) is 4.80. The number of esters is 2. The van der Waals surface area contributed by atoms with Gasteiger partial charge in [0.05, 0.1) is 7.11 Å². The summed E-state index contributed by atoms with van der Waals surface area (Å²) in [6.45, 7) is -0.383. The predicted molar refractivity (Wildman–Crippen MR) is 50.8 cm³/mol. The molecule has 0 bridgehead atoms. The van der Waals surface area contributed by atoms with Crippen molar-refractivity contribution >= 4 is 27.9 Å². The fraction of sp³-hybridized carbons (Fsp3) is 0.250. The Morgan fingerprint density at radius 1 is 1.57 bits per heavy atom. The molecule has 1 heterocycles. The van der Waals surface area contributed by atoms with E-state index in [0.29, 0.717) is 0 Å². The molecule has 1 N–H and O–H groups in total. The van der Waals surface area contributed by atoms with Gasteiger partial charge in [0, 0.05) is 10.7 Å². The van der Waals surface area contributed by atoms with Gasteiger partial charge in [-0.3, -0.25) is 0 Å². The molecule has 0 spiro atoms. The number of carbonyl (C=O) groups excluding carboxylic acids is 2. The van der Waals surface area contributed by atoms with E-state index in [4.69, 9.17) is 0 Å². The highest BCUT2D eigenvalue weighted by molar-refractivity contribution is 9.10. The lowest BCUT2D eigenvalue weighted by molar-refractivity contribution is -0.144. The maximum Gasteiger partial charge on any atom is 0.355 e. The van der Waals surface area contributed by atoms with E-state index in [9.17, 15) is 9.59 Å². The molecule has 0 saturated carbocycles. The molecule has 0 aliphatic carbocycles. The second-order valence-electron chi connectivity index (χ2n) is 2.38. The minimum Gasteiger partial charge on any atom is -0.466 e. The quantitative estimate of drug-likeness (QED) is 0.828.